The van der Waals surface area contributed by atoms with Gasteiger partial charge in [0.2, 0.25) is 0 Å². The van der Waals surface area contributed by atoms with Gasteiger partial charge in [0.1, 0.15) is 0 Å². The Kier molecular flexibility index (Phi) is 3.30. The summed E-state index contributed by atoms with van der Waals surface area (Å²) in [6.07, 6.45) is 5.95. The van der Waals surface area contributed by atoms with Crippen molar-refractivity contribution in [2.45, 2.75) is 13.8 Å². The lowest BCUT2D eigenvalue weighted by molar-refractivity contribution is 0.195. The highest BCUT2D eigenvalue weighted by Crippen LogP contribution is 2.23. The smallest absolute Gasteiger partial charge is 0.0686 e. The maximum Gasteiger partial charge on any atom is 0.0686 e. The van der Waals surface area contributed by atoms with Crippen LogP contribution in [0.1, 0.15) is 13.8 Å². The van der Waals surface area contributed by atoms with Gasteiger partial charge in [0.05, 0.1) is 13.2 Å². The molecule has 1 aliphatic heterocycles. The summed E-state index contributed by atoms with van der Waals surface area (Å²) in [5.41, 5.74) is 2.80. The summed E-state index contributed by atoms with van der Waals surface area (Å²) in [6.45, 7) is 9.55. The second-order valence-corrected chi connectivity index (χ2v) is 3.27. The SMILES string of the molecule is C=C/C=C/C1COCC1=C(C)C. The van der Waals surface area contributed by atoms with Crippen LogP contribution < -0.4 is 0 Å². The molecular weight excluding hydrogens is 148 g/mol. The molecule has 0 radical (unpaired) electrons. The molecule has 0 saturated carbocycles. The summed E-state index contributed by atoms with van der Waals surface area (Å²) in [4.78, 5) is 0. The van der Waals surface area contributed by atoms with Gasteiger partial charge in [-0.3, -0.25) is 0 Å². The molecule has 0 aromatic carbocycles. The second-order valence-electron chi connectivity index (χ2n) is 3.27. The van der Waals surface area contributed by atoms with Crippen molar-refractivity contribution in [2.75, 3.05) is 13.2 Å². The monoisotopic (exact) mass is 164 g/mol. The molecule has 1 unspecified atom stereocenters. The van der Waals surface area contributed by atoms with E-state index >= 15 is 0 Å². The van der Waals surface area contributed by atoms with Gasteiger partial charge in [-0.2, -0.15) is 0 Å². The Hall–Kier alpha value is -0.820. The maximum atomic E-state index is 5.38. The highest BCUT2D eigenvalue weighted by molar-refractivity contribution is 5.22. The van der Waals surface area contributed by atoms with Crippen LogP contribution in [-0.2, 0) is 4.74 Å². The zero-order valence-electron chi connectivity index (χ0n) is 7.84. The lowest BCUT2D eigenvalue weighted by Gasteiger charge is -2.05. The molecule has 1 nitrogen and oxygen atoms in total. The molecule has 1 saturated heterocycles. The largest absolute Gasteiger partial charge is 0.376 e. The van der Waals surface area contributed by atoms with Gasteiger partial charge in [-0.25, -0.2) is 0 Å². The van der Waals surface area contributed by atoms with E-state index in [1.807, 2.05) is 6.08 Å². The van der Waals surface area contributed by atoms with E-state index in [1.165, 1.54) is 11.1 Å². The van der Waals surface area contributed by atoms with Crippen molar-refractivity contribution in [3.05, 3.63) is 36.0 Å². The van der Waals surface area contributed by atoms with Gasteiger partial charge in [-0.1, -0.05) is 30.4 Å². The van der Waals surface area contributed by atoms with Crippen LogP contribution in [-0.4, -0.2) is 13.2 Å². The zero-order chi connectivity index (χ0) is 8.97. The fraction of sp³-hybridized carbons (Fsp3) is 0.455. The molecule has 1 atom stereocenters. The van der Waals surface area contributed by atoms with Crippen molar-refractivity contribution in [3.63, 3.8) is 0 Å². The van der Waals surface area contributed by atoms with Crippen molar-refractivity contribution >= 4 is 0 Å². The van der Waals surface area contributed by atoms with Crippen LogP contribution in [0.3, 0.4) is 0 Å². The van der Waals surface area contributed by atoms with Crippen molar-refractivity contribution < 1.29 is 4.74 Å². The van der Waals surface area contributed by atoms with Crippen LogP contribution >= 0.6 is 0 Å². The zero-order valence-corrected chi connectivity index (χ0v) is 7.84. The third-order valence-corrected chi connectivity index (χ3v) is 2.12. The van der Waals surface area contributed by atoms with Crippen molar-refractivity contribution in [2.24, 2.45) is 5.92 Å². The van der Waals surface area contributed by atoms with E-state index in [4.69, 9.17) is 4.74 Å². The van der Waals surface area contributed by atoms with Crippen LogP contribution in [0.4, 0.5) is 0 Å². The van der Waals surface area contributed by atoms with Gasteiger partial charge in [0, 0.05) is 5.92 Å². The van der Waals surface area contributed by atoms with Gasteiger partial charge < -0.3 is 4.74 Å². The Morgan fingerprint density at radius 3 is 2.92 bits per heavy atom. The van der Waals surface area contributed by atoms with Crippen LogP contribution in [0, 0.1) is 5.92 Å². The van der Waals surface area contributed by atoms with Crippen molar-refractivity contribution in [1.29, 1.82) is 0 Å². The molecular formula is C11H16O. The fourth-order valence-corrected chi connectivity index (χ4v) is 1.40. The molecule has 0 amide bonds. The fourth-order valence-electron chi connectivity index (χ4n) is 1.40. The third-order valence-electron chi connectivity index (χ3n) is 2.12. The first-order valence-corrected chi connectivity index (χ1v) is 4.29. The molecule has 1 heterocycles. The molecule has 0 aromatic heterocycles. The number of ether oxygens (including phenoxy) is 1. The van der Waals surface area contributed by atoms with E-state index in [-0.39, 0.29) is 0 Å². The van der Waals surface area contributed by atoms with Gasteiger partial charge in [-0.15, -0.1) is 0 Å². The predicted octanol–water partition coefficient (Wildman–Crippen LogP) is 2.71. The first-order chi connectivity index (χ1) is 5.75. The van der Waals surface area contributed by atoms with E-state index in [9.17, 15) is 0 Å². The molecule has 66 valence electrons. The Labute approximate surface area is 74.4 Å². The Morgan fingerprint density at radius 1 is 1.58 bits per heavy atom. The van der Waals surface area contributed by atoms with Gasteiger partial charge in [0.25, 0.3) is 0 Å². The number of hydrogen-bond acceptors (Lipinski definition) is 1. The lowest BCUT2D eigenvalue weighted by Crippen LogP contribution is -1.98. The van der Waals surface area contributed by atoms with E-state index in [0.29, 0.717) is 5.92 Å². The lowest BCUT2D eigenvalue weighted by atomic mass is 9.98. The summed E-state index contributed by atoms with van der Waals surface area (Å²) in [7, 11) is 0. The summed E-state index contributed by atoms with van der Waals surface area (Å²) in [5.74, 6) is 0.480. The molecule has 1 heteroatoms. The highest BCUT2D eigenvalue weighted by Gasteiger charge is 2.19. The van der Waals surface area contributed by atoms with Crippen molar-refractivity contribution in [3.8, 4) is 0 Å². The van der Waals surface area contributed by atoms with E-state index in [2.05, 4.69) is 26.5 Å². The summed E-state index contributed by atoms with van der Waals surface area (Å²) < 4.78 is 5.38. The quantitative estimate of drug-likeness (QED) is 0.450. The first-order valence-electron chi connectivity index (χ1n) is 4.29. The minimum atomic E-state index is 0.480. The van der Waals surface area contributed by atoms with Crippen LogP contribution in [0.15, 0.2) is 36.0 Å². The van der Waals surface area contributed by atoms with Crippen LogP contribution in [0.5, 0.6) is 0 Å². The number of hydrogen-bond donors (Lipinski definition) is 0. The average molecular weight is 164 g/mol. The third kappa shape index (κ3) is 2.08. The predicted molar refractivity (Wildman–Crippen MR) is 52.0 cm³/mol. The van der Waals surface area contributed by atoms with E-state index in [0.717, 1.165) is 13.2 Å². The first kappa shape index (κ1) is 9.27. The second kappa shape index (κ2) is 4.27. The van der Waals surface area contributed by atoms with E-state index < -0.39 is 0 Å². The molecule has 1 rings (SSSR count). The molecule has 12 heavy (non-hydrogen) atoms. The number of rotatable bonds is 2. The van der Waals surface area contributed by atoms with Crippen molar-refractivity contribution in [1.82, 2.24) is 0 Å². The molecule has 0 aromatic rings. The Morgan fingerprint density at radius 2 is 2.33 bits per heavy atom. The number of allylic oxidation sites excluding steroid dienone is 3. The van der Waals surface area contributed by atoms with E-state index in [1.54, 1.807) is 6.08 Å². The van der Waals surface area contributed by atoms with Gasteiger partial charge in [0.15, 0.2) is 0 Å². The Bertz CT molecular complexity index is 219. The Balaban J connectivity index is 2.71. The summed E-state index contributed by atoms with van der Waals surface area (Å²) >= 11 is 0. The molecule has 1 fully saturated rings. The topological polar surface area (TPSA) is 9.23 Å². The highest BCUT2D eigenvalue weighted by atomic mass is 16.5. The minimum Gasteiger partial charge on any atom is -0.376 e. The van der Waals surface area contributed by atoms with Gasteiger partial charge in [-0.05, 0) is 19.4 Å². The summed E-state index contributed by atoms with van der Waals surface area (Å²) in [5, 5.41) is 0. The maximum absolute atomic E-state index is 5.38. The normalized spacial score (nSPS) is 23.5. The molecule has 0 spiro atoms. The van der Waals surface area contributed by atoms with Gasteiger partial charge >= 0.3 is 0 Å². The van der Waals surface area contributed by atoms with Crippen LogP contribution in [0.2, 0.25) is 0 Å². The standard InChI is InChI=1S/C11H16O/c1-4-5-6-10-7-12-8-11(10)9(2)3/h4-6,10H,1,7-8H2,2-3H3/b6-5+. The summed E-state index contributed by atoms with van der Waals surface area (Å²) in [6, 6.07) is 0. The molecule has 1 aliphatic rings. The van der Waals surface area contributed by atoms with Crippen LogP contribution in [0.25, 0.3) is 0 Å². The molecule has 0 aliphatic carbocycles. The molecule has 0 bridgehead atoms. The minimum absolute atomic E-state index is 0.480. The average Bonchev–Trinajstić information content (AvgIpc) is 2.48. The molecule has 0 N–H and O–H groups in total.